The fourth-order valence-corrected chi connectivity index (χ4v) is 4.94. The smallest absolute Gasteiger partial charge is 0.291 e. The monoisotopic (exact) mass is 457 g/mol. The normalized spacial score (nSPS) is 14.9. The second kappa shape index (κ2) is 10.2. The van der Waals surface area contributed by atoms with E-state index in [4.69, 9.17) is 0 Å². The minimum absolute atomic E-state index is 0.0817. The number of para-hydroxylation sites is 1. The highest BCUT2D eigenvalue weighted by molar-refractivity contribution is 6.07. The molecule has 5 rings (SSSR count). The first-order valence-corrected chi connectivity index (χ1v) is 12.2. The first-order chi connectivity index (χ1) is 16.7. The van der Waals surface area contributed by atoms with Crippen LogP contribution in [0.3, 0.4) is 0 Å². The van der Waals surface area contributed by atoms with Crippen molar-refractivity contribution in [2.75, 3.05) is 26.2 Å². The van der Waals surface area contributed by atoms with Gasteiger partial charge in [-0.15, -0.1) is 0 Å². The first kappa shape index (κ1) is 22.3. The number of carbonyl (C=O) groups excluding carboxylic acids is 1. The topological polar surface area (TPSA) is 72.2 Å². The van der Waals surface area contributed by atoms with E-state index >= 15 is 0 Å². The number of likely N-dealkylation sites (tertiary alicyclic amines) is 1. The average molecular weight is 458 g/mol. The second-order valence-corrected chi connectivity index (χ2v) is 9.06. The number of nitrogens with one attached hydrogen (secondary N) is 1. The molecule has 1 aliphatic rings. The number of fused-ring (bicyclic) bond motifs is 3. The number of benzene rings is 2. The minimum atomic E-state index is -0.243. The van der Waals surface area contributed by atoms with Gasteiger partial charge in [0.25, 0.3) is 5.56 Å². The molecule has 1 saturated heterocycles. The Morgan fingerprint density at radius 2 is 1.65 bits per heavy atom. The Balaban J connectivity index is 1.38. The third kappa shape index (κ3) is 4.75. The SMILES string of the molecule is O=C(Cn1ncc2c3ccccc3n(Cc3ccccc3)c2c1=O)NCCN1CCCCCC1. The summed E-state index contributed by atoms with van der Waals surface area (Å²) in [4.78, 5) is 28.5. The van der Waals surface area contributed by atoms with E-state index in [2.05, 4.69) is 27.4 Å². The number of aromatic nitrogens is 3. The van der Waals surface area contributed by atoms with Crippen molar-refractivity contribution < 1.29 is 4.79 Å². The van der Waals surface area contributed by atoms with Gasteiger partial charge in [-0.3, -0.25) is 9.59 Å². The van der Waals surface area contributed by atoms with Crippen molar-refractivity contribution in [3.8, 4) is 0 Å². The van der Waals surface area contributed by atoms with E-state index in [1.807, 2.05) is 47.0 Å². The van der Waals surface area contributed by atoms with Crippen LogP contribution in [0.25, 0.3) is 21.8 Å². The molecule has 0 radical (unpaired) electrons. The first-order valence-electron chi connectivity index (χ1n) is 12.2. The molecule has 0 unspecified atom stereocenters. The summed E-state index contributed by atoms with van der Waals surface area (Å²) in [6.07, 6.45) is 6.75. The van der Waals surface area contributed by atoms with E-state index in [1.165, 1.54) is 30.4 Å². The lowest BCUT2D eigenvalue weighted by molar-refractivity contribution is -0.121. The van der Waals surface area contributed by atoms with Crippen LogP contribution in [-0.2, 0) is 17.9 Å². The van der Waals surface area contributed by atoms with E-state index in [-0.39, 0.29) is 18.0 Å². The van der Waals surface area contributed by atoms with Gasteiger partial charge in [0.2, 0.25) is 5.91 Å². The largest absolute Gasteiger partial charge is 0.353 e. The molecule has 1 amide bonds. The fourth-order valence-electron chi connectivity index (χ4n) is 4.94. The Hall–Kier alpha value is -3.45. The van der Waals surface area contributed by atoms with Crippen LogP contribution < -0.4 is 10.9 Å². The Morgan fingerprint density at radius 1 is 0.912 bits per heavy atom. The Labute approximate surface area is 199 Å². The third-order valence-corrected chi connectivity index (χ3v) is 6.70. The van der Waals surface area contributed by atoms with Crippen molar-refractivity contribution in [2.45, 2.75) is 38.8 Å². The summed E-state index contributed by atoms with van der Waals surface area (Å²) in [6, 6.07) is 18.1. The summed E-state index contributed by atoms with van der Waals surface area (Å²) in [5.41, 5.74) is 2.43. The molecule has 0 aliphatic carbocycles. The van der Waals surface area contributed by atoms with Crippen LogP contribution in [0.15, 0.2) is 65.6 Å². The molecule has 7 nitrogen and oxygen atoms in total. The number of amides is 1. The van der Waals surface area contributed by atoms with Crippen LogP contribution in [0.1, 0.15) is 31.2 Å². The molecule has 1 fully saturated rings. The van der Waals surface area contributed by atoms with Crippen molar-refractivity contribution in [3.05, 3.63) is 76.7 Å². The number of hydrogen-bond donors (Lipinski definition) is 1. The lowest BCUT2D eigenvalue weighted by atomic mass is 10.2. The third-order valence-electron chi connectivity index (χ3n) is 6.70. The van der Waals surface area contributed by atoms with Gasteiger partial charge in [-0.2, -0.15) is 5.10 Å². The van der Waals surface area contributed by atoms with Crippen molar-refractivity contribution >= 4 is 27.7 Å². The van der Waals surface area contributed by atoms with Crippen molar-refractivity contribution in [1.29, 1.82) is 0 Å². The molecule has 0 atom stereocenters. The van der Waals surface area contributed by atoms with E-state index in [9.17, 15) is 9.59 Å². The number of hydrogen-bond acceptors (Lipinski definition) is 4. The van der Waals surface area contributed by atoms with E-state index in [1.54, 1.807) is 6.20 Å². The number of rotatable bonds is 7. The molecule has 2 aromatic heterocycles. The summed E-state index contributed by atoms with van der Waals surface area (Å²) >= 11 is 0. The maximum absolute atomic E-state index is 13.5. The van der Waals surface area contributed by atoms with E-state index < -0.39 is 0 Å². The zero-order valence-electron chi connectivity index (χ0n) is 19.4. The molecule has 176 valence electrons. The van der Waals surface area contributed by atoms with Gasteiger partial charge in [0.05, 0.1) is 6.20 Å². The molecule has 0 saturated carbocycles. The van der Waals surface area contributed by atoms with Crippen molar-refractivity contribution in [3.63, 3.8) is 0 Å². The highest BCUT2D eigenvalue weighted by Gasteiger charge is 2.17. The Kier molecular flexibility index (Phi) is 6.72. The molecule has 34 heavy (non-hydrogen) atoms. The number of nitrogens with zero attached hydrogens (tertiary/aromatic N) is 4. The fraction of sp³-hybridized carbons (Fsp3) is 0.370. The molecular formula is C27H31N5O2. The van der Waals surface area contributed by atoms with Crippen molar-refractivity contribution in [2.24, 2.45) is 0 Å². The molecule has 7 heteroatoms. The van der Waals surface area contributed by atoms with Gasteiger partial charge in [0.15, 0.2) is 0 Å². The predicted molar refractivity (Wildman–Crippen MR) is 135 cm³/mol. The van der Waals surface area contributed by atoms with Crippen molar-refractivity contribution in [1.82, 2.24) is 24.6 Å². The lowest BCUT2D eigenvalue weighted by Gasteiger charge is -2.19. The molecule has 1 N–H and O–H groups in total. The van der Waals surface area contributed by atoms with E-state index in [0.29, 0.717) is 18.6 Å². The van der Waals surface area contributed by atoms with Gasteiger partial charge in [0, 0.05) is 35.9 Å². The average Bonchev–Trinajstić information content (AvgIpc) is 2.99. The molecular weight excluding hydrogens is 426 g/mol. The van der Waals surface area contributed by atoms with Crippen LogP contribution in [0, 0.1) is 0 Å². The van der Waals surface area contributed by atoms with Gasteiger partial charge in [0.1, 0.15) is 12.1 Å². The summed E-state index contributed by atoms with van der Waals surface area (Å²) in [7, 11) is 0. The van der Waals surface area contributed by atoms with Crippen LogP contribution in [0.2, 0.25) is 0 Å². The van der Waals surface area contributed by atoms with Gasteiger partial charge >= 0.3 is 0 Å². The molecule has 1 aliphatic heterocycles. The van der Waals surface area contributed by atoms with Crippen LogP contribution in [0.5, 0.6) is 0 Å². The van der Waals surface area contributed by atoms with Gasteiger partial charge in [-0.25, -0.2) is 4.68 Å². The molecule has 2 aromatic carbocycles. The molecule has 0 bridgehead atoms. The summed E-state index contributed by atoms with van der Waals surface area (Å²) in [6.45, 7) is 4.12. The van der Waals surface area contributed by atoms with Crippen LogP contribution in [0.4, 0.5) is 0 Å². The quantitative estimate of drug-likeness (QED) is 0.462. The molecule has 3 heterocycles. The van der Waals surface area contributed by atoms with Crippen LogP contribution >= 0.6 is 0 Å². The maximum Gasteiger partial charge on any atom is 0.291 e. The second-order valence-electron chi connectivity index (χ2n) is 9.06. The van der Waals surface area contributed by atoms with Crippen LogP contribution in [-0.4, -0.2) is 51.3 Å². The molecule has 4 aromatic rings. The maximum atomic E-state index is 13.5. The Bertz CT molecular complexity index is 1330. The summed E-state index contributed by atoms with van der Waals surface area (Å²) in [5.74, 6) is -0.186. The summed E-state index contributed by atoms with van der Waals surface area (Å²) < 4.78 is 3.32. The predicted octanol–water partition coefficient (Wildman–Crippen LogP) is 3.39. The highest BCUT2D eigenvalue weighted by atomic mass is 16.2. The van der Waals surface area contributed by atoms with Gasteiger partial charge < -0.3 is 14.8 Å². The van der Waals surface area contributed by atoms with E-state index in [0.717, 1.165) is 41.5 Å². The highest BCUT2D eigenvalue weighted by Crippen LogP contribution is 2.27. The zero-order valence-corrected chi connectivity index (χ0v) is 19.4. The standard InChI is InChI=1S/C27H31N5O2/c33-25(28-14-17-30-15-8-1-2-9-16-30)20-32-27(34)26-23(18-29-32)22-12-6-7-13-24(22)31(26)19-21-10-4-3-5-11-21/h3-7,10-13,18H,1-2,8-9,14-17,19-20H2,(H,28,33). The Morgan fingerprint density at radius 3 is 2.44 bits per heavy atom. The number of carbonyl (C=O) groups is 1. The minimum Gasteiger partial charge on any atom is -0.353 e. The van der Waals surface area contributed by atoms with Gasteiger partial charge in [-0.05, 0) is 37.6 Å². The lowest BCUT2D eigenvalue weighted by Crippen LogP contribution is -2.38. The zero-order chi connectivity index (χ0) is 23.3. The summed E-state index contributed by atoms with van der Waals surface area (Å²) in [5, 5.41) is 9.12. The van der Waals surface area contributed by atoms with Gasteiger partial charge in [-0.1, -0.05) is 61.4 Å². The molecule has 0 spiro atoms.